The van der Waals surface area contributed by atoms with E-state index in [4.69, 9.17) is 4.74 Å². The Bertz CT molecular complexity index is 800. The average molecular weight is 300 g/mol. The monoisotopic (exact) mass is 300 g/mol. The van der Waals surface area contributed by atoms with Gasteiger partial charge in [-0.25, -0.2) is 4.98 Å². The molecule has 0 spiro atoms. The van der Waals surface area contributed by atoms with E-state index in [2.05, 4.69) is 18.8 Å². The molecule has 21 heavy (non-hydrogen) atoms. The Morgan fingerprint density at radius 2 is 2.05 bits per heavy atom. The highest BCUT2D eigenvalue weighted by atomic mass is 32.1. The van der Waals surface area contributed by atoms with Gasteiger partial charge in [0.05, 0.1) is 7.11 Å². The van der Waals surface area contributed by atoms with Crippen molar-refractivity contribution in [3.8, 4) is 17.0 Å². The first-order valence-corrected chi connectivity index (χ1v) is 7.61. The van der Waals surface area contributed by atoms with Crippen LogP contribution in [-0.4, -0.2) is 22.8 Å². The van der Waals surface area contributed by atoms with Crippen molar-refractivity contribution in [1.29, 1.82) is 0 Å². The molecule has 0 amide bonds. The van der Waals surface area contributed by atoms with E-state index in [9.17, 15) is 4.79 Å². The highest BCUT2D eigenvalue weighted by molar-refractivity contribution is 7.17. The average Bonchev–Trinajstić information content (AvgIpc) is 3.01. The maximum Gasteiger partial charge on any atom is 0.195 e. The summed E-state index contributed by atoms with van der Waals surface area (Å²) < 4.78 is 7.14. The number of aryl methyl sites for hydroxylation is 2. The van der Waals surface area contributed by atoms with Crippen LogP contribution < -0.4 is 4.74 Å². The number of hydrogen-bond acceptors (Lipinski definition) is 4. The van der Waals surface area contributed by atoms with Crippen molar-refractivity contribution in [3.05, 3.63) is 40.5 Å². The first-order chi connectivity index (χ1) is 10.2. The van der Waals surface area contributed by atoms with Gasteiger partial charge in [0.1, 0.15) is 17.1 Å². The second kappa shape index (κ2) is 5.33. The smallest absolute Gasteiger partial charge is 0.195 e. The van der Waals surface area contributed by atoms with Crippen LogP contribution in [0.15, 0.2) is 24.3 Å². The van der Waals surface area contributed by atoms with E-state index in [0.717, 1.165) is 40.4 Å². The first-order valence-electron chi connectivity index (χ1n) is 6.80. The van der Waals surface area contributed by atoms with E-state index in [1.54, 1.807) is 18.4 Å². The molecule has 4 nitrogen and oxygen atoms in total. The van der Waals surface area contributed by atoms with Crippen molar-refractivity contribution in [3.63, 3.8) is 0 Å². The number of thiazole rings is 1. The van der Waals surface area contributed by atoms with Gasteiger partial charge in [-0.2, -0.15) is 0 Å². The fourth-order valence-corrected chi connectivity index (χ4v) is 3.64. The molecule has 0 saturated heterocycles. The van der Waals surface area contributed by atoms with E-state index in [0.29, 0.717) is 5.69 Å². The van der Waals surface area contributed by atoms with Crippen molar-refractivity contribution < 1.29 is 9.53 Å². The lowest BCUT2D eigenvalue weighted by atomic mass is 10.1. The molecule has 108 valence electrons. The van der Waals surface area contributed by atoms with Crippen molar-refractivity contribution >= 4 is 22.6 Å². The van der Waals surface area contributed by atoms with Gasteiger partial charge in [0.15, 0.2) is 11.2 Å². The molecule has 0 aliphatic carbocycles. The number of benzene rings is 1. The van der Waals surface area contributed by atoms with Crippen LogP contribution in [0.1, 0.15) is 28.0 Å². The number of imidazole rings is 1. The quantitative estimate of drug-likeness (QED) is 0.689. The Kier molecular flexibility index (Phi) is 3.51. The minimum Gasteiger partial charge on any atom is -0.497 e. The van der Waals surface area contributed by atoms with Crippen LogP contribution in [0.2, 0.25) is 0 Å². The molecule has 2 heterocycles. The SMILES string of the molecule is CCc1c(C)sc2nc(-c3ccc(OC)cc3)c(C=O)n12. The fourth-order valence-electron chi connectivity index (χ4n) is 2.57. The normalized spacial score (nSPS) is 11.0. The Morgan fingerprint density at radius 3 is 2.62 bits per heavy atom. The third-order valence-corrected chi connectivity index (χ3v) is 4.61. The number of methoxy groups -OCH3 is 1. The minimum absolute atomic E-state index is 0.622. The standard InChI is InChI=1S/C16H16N2O2S/c1-4-13-10(2)21-16-17-15(14(9-19)18(13)16)11-5-7-12(20-3)8-6-11/h5-9H,4H2,1-3H3. The number of ether oxygens (including phenoxy) is 1. The van der Waals surface area contributed by atoms with Gasteiger partial charge in [-0.3, -0.25) is 9.20 Å². The molecule has 3 aromatic rings. The van der Waals surface area contributed by atoms with Crippen molar-refractivity contribution in [2.24, 2.45) is 0 Å². The fraction of sp³-hybridized carbons (Fsp3) is 0.250. The third-order valence-electron chi connectivity index (χ3n) is 3.61. The molecule has 0 aliphatic heterocycles. The molecule has 0 saturated carbocycles. The van der Waals surface area contributed by atoms with E-state index in [-0.39, 0.29) is 0 Å². The molecule has 1 aromatic carbocycles. The Hall–Kier alpha value is -2.14. The number of fused-ring (bicyclic) bond motifs is 1. The Morgan fingerprint density at radius 1 is 1.33 bits per heavy atom. The van der Waals surface area contributed by atoms with Gasteiger partial charge in [0, 0.05) is 16.1 Å². The first kappa shape index (κ1) is 13.8. The molecule has 0 atom stereocenters. The van der Waals surface area contributed by atoms with Crippen LogP contribution in [-0.2, 0) is 6.42 Å². The van der Waals surface area contributed by atoms with Gasteiger partial charge < -0.3 is 4.74 Å². The highest BCUT2D eigenvalue weighted by Gasteiger charge is 2.18. The van der Waals surface area contributed by atoms with E-state index >= 15 is 0 Å². The van der Waals surface area contributed by atoms with Crippen molar-refractivity contribution in [2.45, 2.75) is 20.3 Å². The summed E-state index contributed by atoms with van der Waals surface area (Å²) in [5.74, 6) is 0.789. The zero-order valence-electron chi connectivity index (χ0n) is 12.2. The lowest BCUT2D eigenvalue weighted by Gasteiger charge is -2.03. The zero-order valence-corrected chi connectivity index (χ0v) is 13.0. The topological polar surface area (TPSA) is 43.6 Å². The van der Waals surface area contributed by atoms with E-state index in [1.807, 2.05) is 28.7 Å². The summed E-state index contributed by atoms with van der Waals surface area (Å²) in [6, 6.07) is 7.61. The van der Waals surface area contributed by atoms with Crippen LogP contribution >= 0.6 is 11.3 Å². The molecular weight excluding hydrogens is 284 g/mol. The zero-order chi connectivity index (χ0) is 15.0. The number of hydrogen-bond donors (Lipinski definition) is 0. The Labute approximate surface area is 127 Å². The molecule has 2 aromatic heterocycles. The number of carbonyl (C=O) groups is 1. The molecule has 3 rings (SSSR count). The lowest BCUT2D eigenvalue weighted by molar-refractivity contribution is 0.111. The van der Waals surface area contributed by atoms with Crippen LogP contribution in [0, 0.1) is 6.92 Å². The van der Waals surface area contributed by atoms with Gasteiger partial charge in [-0.05, 0) is 37.6 Å². The lowest BCUT2D eigenvalue weighted by Crippen LogP contribution is -1.97. The summed E-state index contributed by atoms with van der Waals surface area (Å²) in [5.41, 5.74) is 3.43. The molecular formula is C16H16N2O2S. The van der Waals surface area contributed by atoms with Gasteiger partial charge in [0.2, 0.25) is 0 Å². The van der Waals surface area contributed by atoms with Crippen LogP contribution in [0.3, 0.4) is 0 Å². The summed E-state index contributed by atoms with van der Waals surface area (Å²) in [6.45, 7) is 4.16. The second-order valence-corrected chi connectivity index (χ2v) is 5.95. The van der Waals surface area contributed by atoms with Gasteiger partial charge >= 0.3 is 0 Å². The summed E-state index contributed by atoms with van der Waals surface area (Å²) >= 11 is 1.62. The summed E-state index contributed by atoms with van der Waals surface area (Å²) in [7, 11) is 1.63. The number of carbonyl (C=O) groups excluding carboxylic acids is 1. The number of aldehydes is 1. The van der Waals surface area contributed by atoms with Gasteiger partial charge in [-0.15, -0.1) is 11.3 Å². The summed E-state index contributed by atoms with van der Waals surface area (Å²) in [4.78, 5) is 18.3. The van der Waals surface area contributed by atoms with Crippen molar-refractivity contribution in [2.75, 3.05) is 7.11 Å². The second-order valence-electron chi connectivity index (χ2n) is 4.77. The maximum absolute atomic E-state index is 11.6. The molecule has 0 radical (unpaired) electrons. The summed E-state index contributed by atoms with van der Waals surface area (Å²) in [5, 5.41) is 0. The molecule has 0 fully saturated rings. The van der Waals surface area contributed by atoms with Crippen molar-refractivity contribution in [1.82, 2.24) is 9.38 Å². The van der Waals surface area contributed by atoms with Crippen LogP contribution in [0.25, 0.3) is 16.2 Å². The predicted octanol–water partition coefficient (Wildman–Crippen LogP) is 3.75. The molecule has 0 unspecified atom stereocenters. The molecule has 5 heteroatoms. The maximum atomic E-state index is 11.6. The van der Waals surface area contributed by atoms with Gasteiger partial charge in [-0.1, -0.05) is 6.92 Å². The third kappa shape index (κ3) is 2.14. The van der Waals surface area contributed by atoms with E-state index in [1.165, 1.54) is 4.88 Å². The number of rotatable bonds is 4. The predicted molar refractivity (Wildman–Crippen MR) is 84.6 cm³/mol. The molecule has 0 N–H and O–H groups in total. The summed E-state index contributed by atoms with van der Waals surface area (Å²) in [6.07, 6.45) is 1.77. The highest BCUT2D eigenvalue weighted by Crippen LogP contribution is 2.31. The minimum atomic E-state index is 0.622. The Balaban J connectivity index is 2.22. The van der Waals surface area contributed by atoms with Crippen LogP contribution in [0.4, 0.5) is 0 Å². The van der Waals surface area contributed by atoms with E-state index < -0.39 is 0 Å². The number of nitrogens with zero attached hydrogens (tertiary/aromatic N) is 2. The molecule has 0 aliphatic rings. The van der Waals surface area contributed by atoms with Gasteiger partial charge in [0.25, 0.3) is 0 Å². The molecule has 0 bridgehead atoms. The van der Waals surface area contributed by atoms with Crippen LogP contribution in [0.5, 0.6) is 5.75 Å². The largest absolute Gasteiger partial charge is 0.497 e. The number of aromatic nitrogens is 2.